The second kappa shape index (κ2) is 6.79. The molecule has 0 aromatic heterocycles. The minimum atomic E-state index is -1.21. The maximum absolute atomic E-state index is 11.9. The molecule has 0 saturated carbocycles. The number of rotatable bonds is 5. The number of carboxylic acids is 1. The van der Waals surface area contributed by atoms with Gasteiger partial charge in [-0.05, 0) is 30.5 Å². The molecule has 20 heavy (non-hydrogen) atoms. The SMILES string of the molecule is CC(C)CCN(C)C(=O)Nc1ccc(O)cc1C(=O)O. The lowest BCUT2D eigenvalue weighted by molar-refractivity contribution is 0.0697. The fraction of sp³-hybridized carbons (Fsp3) is 0.429. The number of urea groups is 1. The lowest BCUT2D eigenvalue weighted by Crippen LogP contribution is -2.33. The molecular weight excluding hydrogens is 260 g/mol. The number of amides is 2. The molecule has 0 fully saturated rings. The second-order valence-corrected chi connectivity index (χ2v) is 5.07. The van der Waals surface area contributed by atoms with Crippen molar-refractivity contribution in [3.05, 3.63) is 23.8 Å². The summed E-state index contributed by atoms with van der Waals surface area (Å²) in [6.07, 6.45) is 0.866. The van der Waals surface area contributed by atoms with Gasteiger partial charge >= 0.3 is 12.0 Å². The van der Waals surface area contributed by atoms with E-state index < -0.39 is 5.97 Å². The van der Waals surface area contributed by atoms with E-state index in [1.807, 2.05) is 0 Å². The number of nitrogens with one attached hydrogen (secondary N) is 1. The van der Waals surface area contributed by atoms with Crippen LogP contribution in [0, 0.1) is 5.92 Å². The Morgan fingerprint density at radius 1 is 1.35 bits per heavy atom. The van der Waals surface area contributed by atoms with Crippen molar-refractivity contribution < 1.29 is 19.8 Å². The molecule has 1 rings (SSSR count). The van der Waals surface area contributed by atoms with Crippen LogP contribution < -0.4 is 5.32 Å². The minimum Gasteiger partial charge on any atom is -0.508 e. The molecule has 0 heterocycles. The maximum atomic E-state index is 11.9. The highest BCUT2D eigenvalue weighted by Crippen LogP contribution is 2.21. The number of hydrogen-bond donors (Lipinski definition) is 3. The molecule has 6 heteroatoms. The predicted octanol–water partition coefficient (Wildman–Crippen LogP) is 2.60. The summed E-state index contributed by atoms with van der Waals surface area (Å²) < 4.78 is 0. The Morgan fingerprint density at radius 2 is 2.00 bits per heavy atom. The van der Waals surface area contributed by atoms with Crippen LogP contribution in [0.5, 0.6) is 5.75 Å². The number of aromatic hydroxyl groups is 1. The molecule has 1 aromatic carbocycles. The summed E-state index contributed by atoms with van der Waals surface area (Å²) in [7, 11) is 1.65. The summed E-state index contributed by atoms with van der Waals surface area (Å²) in [6, 6.07) is 3.42. The van der Waals surface area contributed by atoms with Crippen molar-refractivity contribution in [2.75, 3.05) is 18.9 Å². The molecule has 0 aliphatic carbocycles. The fourth-order valence-electron chi connectivity index (χ4n) is 1.58. The van der Waals surface area contributed by atoms with Gasteiger partial charge in [-0.1, -0.05) is 13.8 Å². The summed E-state index contributed by atoms with van der Waals surface area (Å²) in [4.78, 5) is 24.5. The quantitative estimate of drug-likeness (QED) is 0.723. The molecule has 3 N–H and O–H groups in total. The molecular formula is C14H20N2O4. The normalized spacial score (nSPS) is 10.4. The van der Waals surface area contributed by atoms with E-state index in [1.165, 1.54) is 17.0 Å². The van der Waals surface area contributed by atoms with Crippen molar-refractivity contribution in [2.24, 2.45) is 5.92 Å². The van der Waals surface area contributed by atoms with Crippen LogP contribution in [0.25, 0.3) is 0 Å². The highest BCUT2D eigenvalue weighted by Gasteiger charge is 2.15. The van der Waals surface area contributed by atoms with Gasteiger partial charge in [0.15, 0.2) is 0 Å². The monoisotopic (exact) mass is 280 g/mol. The first kappa shape index (κ1) is 15.8. The Labute approximate surface area is 118 Å². The standard InChI is InChI=1S/C14H20N2O4/c1-9(2)6-7-16(3)14(20)15-12-5-4-10(17)8-11(12)13(18)19/h4-5,8-9,17H,6-7H2,1-3H3,(H,15,20)(H,18,19). The highest BCUT2D eigenvalue weighted by molar-refractivity contribution is 6.00. The number of anilines is 1. The average Bonchev–Trinajstić information content (AvgIpc) is 2.37. The Morgan fingerprint density at radius 3 is 2.55 bits per heavy atom. The molecule has 110 valence electrons. The van der Waals surface area contributed by atoms with E-state index >= 15 is 0 Å². The number of carbonyl (C=O) groups is 2. The van der Waals surface area contributed by atoms with Gasteiger partial charge in [0.2, 0.25) is 0 Å². The Kier molecular flexibility index (Phi) is 5.37. The Bertz CT molecular complexity index is 500. The molecule has 6 nitrogen and oxygen atoms in total. The van der Waals surface area contributed by atoms with Crippen molar-refractivity contribution in [1.29, 1.82) is 0 Å². The zero-order valence-corrected chi connectivity index (χ0v) is 11.9. The zero-order chi connectivity index (χ0) is 15.3. The highest BCUT2D eigenvalue weighted by atomic mass is 16.4. The molecule has 0 bridgehead atoms. The van der Waals surface area contributed by atoms with Gasteiger partial charge in [0, 0.05) is 13.6 Å². The van der Waals surface area contributed by atoms with Crippen LogP contribution in [0.2, 0.25) is 0 Å². The maximum Gasteiger partial charge on any atom is 0.337 e. The fourth-order valence-corrected chi connectivity index (χ4v) is 1.58. The van der Waals surface area contributed by atoms with Crippen LogP contribution in [0.15, 0.2) is 18.2 Å². The third-order valence-electron chi connectivity index (χ3n) is 2.86. The number of hydrogen-bond acceptors (Lipinski definition) is 3. The van der Waals surface area contributed by atoms with Crippen LogP contribution >= 0.6 is 0 Å². The van der Waals surface area contributed by atoms with Crippen molar-refractivity contribution in [3.8, 4) is 5.75 Å². The molecule has 1 aromatic rings. The molecule has 0 spiro atoms. The largest absolute Gasteiger partial charge is 0.508 e. The van der Waals surface area contributed by atoms with E-state index in [2.05, 4.69) is 19.2 Å². The summed E-state index contributed by atoms with van der Waals surface area (Å²) in [6.45, 7) is 4.71. The van der Waals surface area contributed by atoms with E-state index in [1.54, 1.807) is 7.05 Å². The van der Waals surface area contributed by atoms with Crippen molar-refractivity contribution >= 4 is 17.7 Å². The lowest BCUT2D eigenvalue weighted by Gasteiger charge is -2.19. The molecule has 0 aliphatic rings. The molecule has 0 unspecified atom stereocenters. The van der Waals surface area contributed by atoms with E-state index in [-0.39, 0.29) is 23.0 Å². The number of carbonyl (C=O) groups excluding carboxylic acids is 1. The topological polar surface area (TPSA) is 89.9 Å². The summed E-state index contributed by atoms with van der Waals surface area (Å²) in [5, 5.41) is 20.9. The van der Waals surface area contributed by atoms with E-state index in [0.29, 0.717) is 12.5 Å². The van der Waals surface area contributed by atoms with Crippen LogP contribution in [0.4, 0.5) is 10.5 Å². The van der Waals surface area contributed by atoms with Crippen molar-refractivity contribution in [1.82, 2.24) is 4.90 Å². The molecule has 0 saturated heterocycles. The predicted molar refractivity (Wildman–Crippen MR) is 76.2 cm³/mol. The zero-order valence-electron chi connectivity index (χ0n) is 11.9. The Balaban J connectivity index is 2.77. The van der Waals surface area contributed by atoms with Crippen molar-refractivity contribution in [3.63, 3.8) is 0 Å². The molecule has 0 atom stereocenters. The van der Waals surface area contributed by atoms with Crippen LogP contribution in [-0.2, 0) is 0 Å². The van der Waals surface area contributed by atoms with Gasteiger partial charge < -0.3 is 20.4 Å². The molecule has 2 amide bonds. The Hall–Kier alpha value is -2.24. The van der Waals surface area contributed by atoms with E-state index in [0.717, 1.165) is 12.5 Å². The molecule has 0 radical (unpaired) electrons. The van der Waals surface area contributed by atoms with Crippen LogP contribution in [0.3, 0.4) is 0 Å². The van der Waals surface area contributed by atoms with Crippen LogP contribution in [0.1, 0.15) is 30.6 Å². The van der Waals surface area contributed by atoms with Crippen molar-refractivity contribution in [2.45, 2.75) is 20.3 Å². The first-order valence-corrected chi connectivity index (χ1v) is 6.39. The van der Waals surface area contributed by atoms with E-state index in [9.17, 15) is 14.7 Å². The molecule has 0 aliphatic heterocycles. The number of benzene rings is 1. The summed E-state index contributed by atoms with van der Waals surface area (Å²) in [5.74, 6) is -0.886. The van der Waals surface area contributed by atoms with Gasteiger partial charge in [-0.15, -0.1) is 0 Å². The number of phenolic OH excluding ortho intramolecular Hbond substituents is 1. The smallest absolute Gasteiger partial charge is 0.337 e. The van der Waals surface area contributed by atoms with Gasteiger partial charge in [0.1, 0.15) is 5.75 Å². The van der Waals surface area contributed by atoms with Gasteiger partial charge in [0.25, 0.3) is 0 Å². The number of aromatic carboxylic acids is 1. The van der Waals surface area contributed by atoms with Gasteiger partial charge in [-0.25, -0.2) is 9.59 Å². The average molecular weight is 280 g/mol. The number of nitrogens with zero attached hydrogens (tertiary/aromatic N) is 1. The number of phenols is 1. The second-order valence-electron chi connectivity index (χ2n) is 5.07. The number of carboxylic acid groups (broad SMARTS) is 1. The first-order valence-electron chi connectivity index (χ1n) is 6.39. The van der Waals surface area contributed by atoms with Gasteiger partial charge in [-0.2, -0.15) is 0 Å². The van der Waals surface area contributed by atoms with E-state index in [4.69, 9.17) is 5.11 Å². The van der Waals surface area contributed by atoms with Crippen LogP contribution in [-0.4, -0.2) is 40.7 Å². The lowest BCUT2D eigenvalue weighted by atomic mass is 10.1. The summed E-state index contributed by atoms with van der Waals surface area (Å²) in [5.41, 5.74) is 0.0207. The third kappa shape index (κ3) is 4.46. The van der Waals surface area contributed by atoms with Gasteiger partial charge in [-0.3, -0.25) is 0 Å². The summed E-state index contributed by atoms with van der Waals surface area (Å²) >= 11 is 0. The third-order valence-corrected chi connectivity index (χ3v) is 2.86. The van der Waals surface area contributed by atoms with Gasteiger partial charge in [0.05, 0.1) is 11.3 Å². The minimum absolute atomic E-state index is 0.143. The first-order chi connectivity index (χ1) is 9.31.